The number of aliphatic carboxylic acids is 1. The third kappa shape index (κ3) is 2.96. The summed E-state index contributed by atoms with van der Waals surface area (Å²) in [7, 11) is 0. The van der Waals surface area contributed by atoms with E-state index >= 15 is 0 Å². The molecule has 1 heterocycles. The molecule has 1 amide bonds. The molecule has 0 spiro atoms. The van der Waals surface area contributed by atoms with Gasteiger partial charge < -0.3 is 15.2 Å². The fourth-order valence-electron chi connectivity index (χ4n) is 2.16. The molecule has 2 rings (SSSR count). The number of carboxylic acid groups (broad SMARTS) is 1. The van der Waals surface area contributed by atoms with E-state index in [-0.39, 0.29) is 25.5 Å². The molecule has 108 valence electrons. The molecule has 1 aliphatic rings. The highest BCUT2D eigenvalue weighted by Crippen LogP contribution is 2.28. The summed E-state index contributed by atoms with van der Waals surface area (Å²) in [6, 6.07) is 5.16. The Morgan fingerprint density at radius 3 is 2.95 bits per heavy atom. The molecule has 1 aliphatic heterocycles. The van der Waals surface area contributed by atoms with Crippen LogP contribution < -0.4 is 5.32 Å². The predicted octanol–water partition coefficient (Wildman–Crippen LogP) is 0.974. The summed E-state index contributed by atoms with van der Waals surface area (Å²) in [4.78, 5) is 23.1. The monoisotopic (exact) mass is 281 g/mol. The fraction of sp³-hybridized carbons (Fsp3) is 0.429. The lowest BCUT2D eigenvalue weighted by atomic mass is 9.85. The van der Waals surface area contributed by atoms with Crippen LogP contribution in [-0.4, -0.2) is 36.2 Å². The highest BCUT2D eigenvalue weighted by atomic mass is 19.1. The normalized spacial score (nSPS) is 25.4. The Balaban J connectivity index is 2.00. The van der Waals surface area contributed by atoms with Crippen molar-refractivity contribution in [3.8, 4) is 0 Å². The number of ether oxygens (including phenoxy) is 1. The van der Waals surface area contributed by atoms with Crippen molar-refractivity contribution in [2.24, 2.45) is 5.41 Å². The Bertz CT molecular complexity index is 534. The summed E-state index contributed by atoms with van der Waals surface area (Å²) in [5.74, 6) is -1.76. The molecule has 1 saturated heterocycles. The second-order valence-electron chi connectivity index (χ2n) is 5.16. The van der Waals surface area contributed by atoms with Crippen molar-refractivity contribution < 1.29 is 23.8 Å². The third-order valence-corrected chi connectivity index (χ3v) is 3.53. The lowest BCUT2D eigenvalue weighted by Crippen LogP contribution is -2.50. The number of benzene rings is 1. The second-order valence-corrected chi connectivity index (χ2v) is 5.16. The Morgan fingerprint density at radius 2 is 2.30 bits per heavy atom. The van der Waals surface area contributed by atoms with Gasteiger partial charge in [-0.05, 0) is 24.6 Å². The first kappa shape index (κ1) is 14.5. The van der Waals surface area contributed by atoms with Gasteiger partial charge in [-0.2, -0.15) is 0 Å². The summed E-state index contributed by atoms with van der Waals surface area (Å²) in [5.41, 5.74) is -0.587. The van der Waals surface area contributed by atoms with Gasteiger partial charge >= 0.3 is 5.97 Å². The highest BCUT2D eigenvalue weighted by molar-refractivity contribution is 5.81. The summed E-state index contributed by atoms with van der Waals surface area (Å²) in [6.45, 7) is 1.76. The van der Waals surface area contributed by atoms with Crippen LogP contribution in [0.5, 0.6) is 0 Å². The molecule has 2 unspecified atom stereocenters. The first-order valence-electron chi connectivity index (χ1n) is 6.27. The molecule has 0 aliphatic carbocycles. The molecule has 2 atom stereocenters. The van der Waals surface area contributed by atoms with Gasteiger partial charge in [-0.15, -0.1) is 0 Å². The molecule has 0 bridgehead atoms. The molecular weight excluding hydrogens is 265 g/mol. The maximum Gasteiger partial charge on any atom is 0.313 e. The van der Waals surface area contributed by atoms with Crippen LogP contribution in [0.3, 0.4) is 0 Å². The van der Waals surface area contributed by atoms with Crippen molar-refractivity contribution in [3.63, 3.8) is 0 Å². The molecule has 0 aromatic heterocycles. The van der Waals surface area contributed by atoms with E-state index in [2.05, 4.69) is 5.32 Å². The fourth-order valence-corrected chi connectivity index (χ4v) is 2.16. The van der Waals surface area contributed by atoms with E-state index in [1.54, 1.807) is 6.07 Å². The lowest BCUT2D eigenvalue weighted by molar-refractivity contribution is -0.149. The average Bonchev–Trinajstić information content (AvgIpc) is 2.72. The zero-order valence-corrected chi connectivity index (χ0v) is 11.1. The summed E-state index contributed by atoms with van der Waals surface area (Å²) >= 11 is 0. The van der Waals surface area contributed by atoms with Gasteiger partial charge in [0.15, 0.2) is 0 Å². The van der Waals surface area contributed by atoms with E-state index in [1.807, 2.05) is 0 Å². The minimum absolute atomic E-state index is 0.00393. The summed E-state index contributed by atoms with van der Waals surface area (Å²) in [6.07, 6.45) is 0.00393. The Hall–Kier alpha value is -1.95. The first-order chi connectivity index (χ1) is 9.41. The van der Waals surface area contributed by atoms with Crippen molar-refractivity contribution in [1.29, 1.82) is 0 Å². The molecule has 0 radical (unpaired) electrons. The third-order valence-electron chi connectivity index (χ3n) is 3.53. The van der Waals surface area contributed by atoms with Crippen LogP contribution in [0.25, 0.3) is 0 Å². The maximum atomic E-state index is 13.0. The molecule has 0 saturated carbocycles. The van der Waals surface area contributed by atoms with Gasteiger partial charge in [0.1, 0.15) is 11.2 Å². The van der Waals surface area contributed by atoms with E-state index in [9.17, 15) is 19.1 Å². The number of carbonyl (C=O) groups excluding carboxylic acids is 1. The van der Waals surface area contributed by atoms with Gasteiger partial charge in [0, 0.05) is 0 Å². The minimum Gasteiger partial charge on any atom is -0.481 e. The highest BCUT2D eigenvalue weighted by Gasteiger charge is 2.47. The number of hydrogen-bond acceptors (Lipinski definition) is 3. The van der Waals surface area contributed by atoms with Crippen molar-refractivity contribution in [3.05, 3.63) is 35.6 Å². The van der Waals surface area contributed by atoms with E-state index in [0.29, 0.717) is 5.56 Å². The molecule has 5 nitrogen and oxygen atoms in total. The molecule has 20 heavy (non-hydrogen) atoms. The van der Waals surface area contributed by atoms with Gasteiger partial charge in [0.2, 0.25) is 5.91 Å². The number of amides is 1. The Morgan fingerprint density at radius 1 is 1.55 bits per heavy atom. The lowest BCUT2D eigenvalue weighted by Gasteiger charge is -2.25. The SMILES string of the molecule is CC1(C(=O)O)COCC1NC(=O)Cc1cccc(F)c1. The molecule has 1 fully saturated rings. The largest absolute Gasteiger partial charge is 0.481 e. The average molecular weight is 281 g/mol. The van der Waals surface area contributed by atoms with Crippen LogP contribution in [0.4, 0.5) is 4.39 Å². The number of nitrogens with one attached hydrogen (secondary N) is 1. The number of hydrogen-bond donors (Lipinski definition) is 2. The summed E-state index contributed by atoms with van der Waals surface area (Å²) in [5, 5.41) is 11.9. The number of rotatable bonds is 4. The van der Waals surface area contributed by atoms with Crippen LogP contribution in [0, 0.1) is 11.2 Å². The molecule has 6 heteroatoms. The van der Waals surface area contributed by atoms with E-state index in [4.69, 9.17) is 4.74 Å². The zero-order chi connectivity index (χ0) is 14.8. The molecule has 1 aromatic carbocycles. The minimum atomic E-state index is -1.13. The first-order valence-corrected chi connectivity index (χ1v) is 6.27. The van der Waals surface area contributed by atoms with Crippen molar-refractivity contribution in [2.75, 3.05) is 13.2 Å². The standard InChI is InChI=1S/C14H16FNO4/c1-14(13(18)19)8-20-7-11(14)16-12(17)6-9-3-2-4-10(15)5-9/h2-5,11H,6-8H2,1H3,(H,16,17)(H,18,19). The van der Waals surface area contributed by atoms with Crippen molar-refractivity contribution >= 4 is 11.9 Å². The second kappa shape index (κ2) is 5.58. The van der Waals surface area contributed by atoms with Gasteiger partial charge in [-0.3, -0.25) is 9.59 Å². The number of carbonyl (C=O) groups is 2. The van der Waals surface area contributed by atoms with Crippen LogP contribution >= 0.6 is 0 Å². The van der Waals surface area contributed by atoms with Crippen LogP contribution in [-0.2, 0) is 20.7 Å². The number of halogens is 1. The van der Waals surface area contributed by atoms with Gasteiger partial charge in [-0.25, -0.2) is 4.39 Å². The van der Waals surface area contributed by atoms with Gasteiger partial charge in [0.05, 0.1) is 25.7 Å². The zero-order valence-electron chi connectivity index (χ0n) is 11.1. The topological polar surface area (TPSA) is 75.6 Å². The van der Waals surface area contributed by atoms with Crippen LogP contribution in [0.2, 0.25) is 0 Å². The quantitative estimate of drug-likeness (QED) is 0.862. The van der Waals surface area contributed by atoms with Crippen LogP contribution in [0.15, 0.2) is 24.3 Å². The van der Waals surface area contributed by atoms with E-state index < -0.39 is 23.2 Å². The van der Waals surface area contributed by atoms with Gasteiger partial charge in [0.25, 0.3) is 0 Å². The van der Waals surface area contributed by atoms with Gasteiger partial charge in [-0.1, -0.05) is 12.1 Å². The molecule has 1 aromatic rings. The van der Waals surface area contributed by atoms with Crippen molar-refractivity contribution in [2.45, 2.75) is 19.4 Å². The molecular formula is C14H16FNO4. The molecule has 2 N–H and O–H groups in total. The maximum absolute atomic E-state index is 13.0. The van der Waals surface area contributed by atoms with E-state index in [0.717, 1.165) is 0 Å². The Kier molecular flexibility index (Phi) is 4.04. The smallest absolute Gasteiger partial charge is 0.313 e. The predicted molar refractivity (Wildman–Crippen MR) is 68.6 cm³/mol. The van der Waals surface area contributed by atoms with E-state index in [1.165, 1.54) is 25.1 Å². The van der Waals surface area contributed by atoms with Crippen molar-refractivity contribution in [1.82, 2.24) is 5.32 Å². The summed E-state index contributed by atoms with van der Waals surface area (Å²) < 4.78 is 18.2. The number of carboxylic acids is 1. The Labute approximate surface area is 115 Å². The van der Waals surface area contributed by atoms with Crippen LogP contribution in [0.1, 0.15) is 12.5 Å².